The molecule has 0 spiro atoms. The lowest BCUT2D eigenvalue weighted by Crippen LogP contribution is -2.08. The summed E-state index contributed by atoms with van der Waals surface area (Å²) in [5.41, 5.74) is 2.84. The molecule has 0 aliphatic carbocycles. The van der Waals surface area contributed by atoms with Crippen molar-refractivity contribution >= 4 is 29.5 Å². The van der Waals surface area contributed by atoms with Gasteiger partial charge in [0.25, 0.3) is 0 Å². The van der Waals surface area contributed by atoms with E-state index in [4.69, 9.17) is 16.3 Å². The topological polar surface area (TPSA) is 38.7 Å². The van der Waals surface area contributed by atoms with E-state index in [1.54, 1.807) is 30.5 Å². The Labute approximate surface area is 151 Å². The number of ether oxygens (including phenoxy) is 1. The van der Waals surface area contributed by atoms with Crippen LogP contribution in [0.25, 0.3) is 0 Å². The zero-order chi connectivity index (χ0) is 17.5. The van der Waals surface area contributed by atoms with Gasteiger partial charge in [0.15, 0.2) is 0 Å². The maximum Gasteiger partial charge on any atom is 0.339 e. The fraction of sp³-hybridized carbons (Fsp3) is 0.0476. The fourth-order valence-corrected chi connectivity index (χ4v) is 2.48. The Kier molecular flexibility index (Phi) is 5.60. The molecule has 0 aromatic heterocycles. The zero-order valence-corrected chi connectivity index (χ0v) is 14.2. The van der Waals surface area contributed by atoms with Gasteiger partial charge >= 0.3 is 5.97 Å². The quantitative estimate of drug-likeness (QED) is 0.454. The Morgan fingerprint density at radius 2 is 1.72 bits per heavy atom. The Morgan fingerprint density at radius 3 is 2.52 bits per heavy atom. The van der Waals surface area contributed by atoms with Crippen molar-refractivity contribution in [3.63, 3.8) is 0 Å². The SMILES string of the molecule is O=C(OCc1ccccc1)c1ccccc1C=Nc1cccc(Cl)c1. The summed E-state index contributed by atoms with van der Waals surface area (Å²) in [4.78, 5) is 16.8. The maximum absolute atomic E-state index is 12.4. The Balaban J connectivity index is 1.75. The smallest absolute Gasteiger partial charge is 0.339 e. The Bertz CT molecular complexity index is 891. The molecular formula is C21H16ClNO2. The van der Waals surface area contributed by atoms with Crippen LogP contribution in [-0.2, 0) is 11.3 Å². The highest BCUT2D eigenvalue weighted by Gasteiger charge is 2.11. The van der Waals surface area contributed by atoms with Crippen LogP contribution in [0.1, 0.15) is 21.5 Å². The van der Waals surface area contributed by atoms with E-state index in [0.29, 0.717) is 16.1 Å². The largest absolute Gasteiger partial charge is 0.457 e. The average molecular weight is 350 g/mol. The van der Waals surface area contributed by atoms with Crippen molar-refractivity contribution in [2.24, 2.45) is 4.99 Å². The van der Waals surface area contributed by atoms with Crippen molar-refractivity contribution in [2.45, 2.75) is 6.61 Å². The summed E-state index contributed by atoms with van der Waals surface area (Å²) in [6.07, 6.45) is 1.64. The van der Waals surface area contributed by atoms with Crippen LogP contribution in [0.2, 0.25) is 5.02 Å². The standard InChI is InChI=1S/C21H16ClNO2/c22-18-10-6-11-19(13-18)23-14-17-9-4-5-12-20(17)21(24)25-15-16-7-2-1-3-8-16/h1-14H,15H2. The molecular weight excluding hydrogens is 334 g/mol. The van der Waals surface area contributed by atoms with Crippen molar-refractivity contribution in [1.82, 2.24) is 0 Å². The first kappa shape index (κ1) is 16.9. The van der Waals surface area contributed by atoms with Gasteiger partial charge in [-0.25, -0.2) is 4.79 Å². The van der Waals surface area contributed by atoms with Gasteiger partial charge in [0.1, 0.15) is 6.61 Å². The number of carbonyl (C=O) groups excluding carboxylic acids is 1. The molecule has 25 heavy (non-hydrogen) atoms. The third-order valence-corrected chi connectivity index (χ3v) is 3.79. The van der Waals surface area contributed by atoms with Crippen LogP contribution < -0.4 is 0 Å². The maximum atomic E-state index is 12.4. The number of hydrogen-bond donors (Lipinski definition) is 0. The lowest BCUT2D eigenvalue weighted by atomic mass is 10.1. The lowest BCUT2D eigenvalue weighted by molar-refractivity contribution is 0.0472. The number of nitrogens with zero attached hydrogens (tertiary/aromatic N) is 1. The van der Waals surface area contributed by atoms with Gasteiger partial charge in [-0.1, -0.05) is 66.2 Å². The van der Waals surface area contributed by atoms with E-state index in [2.05, 4.69) is 4.99 Å². The van der Waals surface area contributed by atoms with Crippen LogP contribution in [0.4, 0.5) is 5.69 Å². The van der Waals surface area contributed by atoms with Gasteiger partial charge in [0.2, 0.25) is 0 Å². The molecule has 124 valence electrons. The predicted octanol–water partition coefficient (Wildman–Crippen LogP) is 5.45. The highest BCUT2D eigenvalue weighted by Crippen LogP contribution is 2.18. The first-order chi connectivity index (χ1) is 12.2. The Morgan fingerprint density at radius 1 is 0.960 bits per heavy atom. The fourth-order valence-electron chi connectivity index (χ4n) is 2.30. The number of hydrogen-bond acceptors (Lipinski definition) is 3. The Hall–Kier alpha value is -2.91. The molecule has 0 radical (unpaired) electrons. The van der Waals surface area contributed by atoms with Crippen LogP contribution in [0.15, 0.2) is 83.9 Å². The molecule has 0 aliphatic heterocycles. The zero-order valence-electron chi connectivity index (χ0n) is 13.4. The van der Waals surface area contributed by atoms with Gasteiger partial charge < -0.3 is 4.74 Å². The molecule has 0 unspecified atom stereocenters. The molecule has 0 saturated heterocycles. The first-order valence-electron chi connectivity index (χ1n) is 7.82. The van der Waals surface area contributed by atoms with Gasteiger partial charge in [0.05, 0.1) is 11.3 Å². The minimum atomic E-state index is -0.378. The van der Waals surface area contributed by atoms with Crippen LogP contribution in [-0.4, -0.2) is 12.2 Å². The van der Waals surface area contributed by atoms with Crippen molar-refractivity contribution in [3.8, 4) is 0 Å². The number of rotatable bonds is 5. The molecule has 3 rings (SSSR count). The second-order valence-electron chi connectivity index (χ2n) is 5.39. The second-order valence-corrected chi connectivity index (χ2v) is 5.82. The van der Waals surface area contributed by atoms with Gasteiger partial charge in [-0.05, 0) is 29.8 Å². The van der Waals surface area contributed by atoms with E-state index in [-0.39, 0.29) is 12.6 Å². The molecule has 0 amide bonds. The van der Waals surface area contributed by atoms with E-state index in [1.165, 1.54) is 0 Å². The lowest BCUT2D eigenvalue weighted by Gasteiger charge is -2.07. The number of benzene rings is 3. The van der Waals surface area contributed by atoms with E-state index in [9.17, 15) is 4.79 Å². The third-order valence-electron chi connectivity index (χ3n) is 3.55. The first-order valence-corrected chi connectivity index (χ1v) is 8.20. The summed E-state index contributed by atoms with van der Waals surface area (Å²) in [6.45, 7) is 0.236. The van der Waals surface area contributed by atoms with Gasteiger partial charge in [-0.2, -0.15) is 0 Å². The minimum absolute atomic E-state index is 0.236. The average Bonchev–Trinajstić information content (AvgIpc) is 2.65. The van der Waals surface area contributed by atoms with Crippen molar-refractivity contribution in [1.29, 1.82) is 0 Å². The normalized spacial score (nSPS) is 10.8. The van der Waals surface area contributed by atoms with E-state index >= 15 is 0 Å². The van der Waals surface area contributed by atoms with Crippen LogP contribution in [0.3, 0.4) is 0 Å². The van der Waals surface area contributed by atoms with Crippen molar-refractivity contribution in [2.75, 3.05) is 0 Å². The van der Waals surface area contributed by atoms with Crippen molar-refractivity contribution < 1.29 is 9.53 Å². The van der Waals surface area contributed by atoms with Gasteiger partial charge in [-0.3, -0.25) is 4.99 Å². The summed E-state index contributed by atoms with van der Waals surface area (Å²) < 4.78 is 5.40. The van der Waals surface area contributed by atoms with E-state index in [0.717, 1.165) is 11.3 Å². The molecule has 3 aromatic carbocycles. The molecule has 0 N–H and O–H groups in total. The predicted molar refractivity (Wildman–Crippen MR) is 101 cm³/mol. The molecule has 0 saturated carbocycles. The summed E-state index contributed by atoms with van der Waals surface area (Å²) in [5, 5.41) is 0.616. The van der Waals surface area contributed by atoms with E-state index in [1.807, 2.05) is 54.6 Å². The number of carbonyl (C=O) groups is 1. The van der Waals surface area contributed by atoms with Gasteiger partial charge in [0, 0.05) is 16.8 Å². The minimum Gasteiger partial charge on any atom is -0.457 e. The van der Waals surface area contributed by atoms with Crippen molar-refractivity contribution in [3.05, 3.63) is 101 Å². The van der Waals surface area contributed by atoms with Crippen LogP contribution in [0.5, 0.6) is 0 Å². The highest BCUT2D eigenvalue weighted by molar-refractivity contribution is 6.30. The number of aliphatic imine (C=N–C) groups is 1. The number of halogens is 1. The van der Waals surface area contributed by atoms with E-state index < -0.39 is 0 Å². The molecule has 0 heterocycles. The second kappa shape index (κ2) is 8.27. The number of esters is 1. The highest BCUT2D eigenvalue weighted by atomic mass is 35.5. The monoisotopic (exact) mass is 349 g/mol. The third kappa shape index (κ3) is 4.78. The molecule has 3 aromatic rings. The summed E-state index contributed by atoms with van der Waals surface area (Å²) in [7, 11) is 0. The summed E-state index contributed by atoms with van der Waals surface area (Å²) >= 11 is 5.96. The summed E-state index contributed by atoms with van der Waals surface area (Å²) in [6, 6.07) is 24.0. The molecule has 0 aliphatic rings. The van der Waals surface area contributed by atoms with Crippen LogP contribution >= 0.6 is 11.6 Å². The molecule has 4 heteroatoms. The summed E-state index contributed by atoms with van der Waals surface area (Å²) in [5.74, 6) is -0.378. The molecule has 3 nitrogen and oxygen atoms in total. The molecule has 0 fully saturated rings. The van der Waals surface area contributed by atoms with Gasteiger partial charge in [-0.15, -0.1) is 0 Å². The van der Waals surface area contributed by atoms with Crippen LogP contribution in [0, 0.1) is 0 Å². The molecule has 0 atom stereocenters. The molecule has 0 bridgehead atoms.